The molecule has 6 nitrogen and oxygen atoms in total. The lowest BCUT2D eigenvalue weighted by Gasteiger charge is -2.08. The van der Waals surface area contributed by atoms with Crippen molar-refractivity contribution in [1.29, 1.82) is 0 Å². The zero-order valence-electron chi connectivity index (χ0n) is 16.6. The Bertz CT molecular complexity index is 990. The van der Waals surface area contributed by atoms with Crippen LogP contribution in [0.4, 0.5) is 0 Å². The van der Waals surface area contributed by atoms with E-state index in [1.807, 2.05) is 62.4 Å². The molecule has 3 aromatic rings. The van der Waals surface area contributed by atoms with E-state index in [0.717, 1.165) is 27.1 Å². The monoisotopic (exact) mass is 391 g/mol. The molecule has 150 valence electrons. The molecule has 29 heavy (non-hydrogen) atoms. The fourth-order valence-corrected chi connectivity index (χ4v) is 3.07. The number of hydrogen-bond acceptors (Lipinski definition) is 4. The smallest absolute Gasteiger partial charge is 0.329 e. The first-order chi connectivity index (χ1) is 14.1. The van der Waals surface area contributed by atoms with Crippen molar-refractivity contribution in [1.82, 2.24) is 10.7 Å². The number of rotatable bonds is 7. The molecule has 0 heterocycles. The molecule has 0 saturated carbocycles. The summed E-state index contributed by atoms with van der Waals surface area (Å²) in [7, 11) is 0. The minimum absolute atomic E-state index is 0.147. The van der Waals surface area contributed by atoms with Crippen molar-refractivity contribution in [3.8, 4) is 0 Å². The standard InChI is InChI=1S/C23H25N3O3/c1-16(2)29-13-7-12-24-22(27)23(28)26-25-15-21-19-10-5-3-8-17(19)14-18-9-4-6-11-20(18)21/h3-6,8-11,14-16H,7,12-13H2,1-2H3,(H,24,27)(H,26,28)/b25-15-. The van der Waals surface area contributed by atoms with E-state index in [2.05, 4.69) is 21.9 Å². The summed E-state index contributed by atoms with van der Waals surface area (Å²) >= 11 is 0. The molecule has 6 heteroatoms. The normalized spacial score (nSPS) is 11.4. The molecule has 0 aliphatic heterocycles. The average molecular weight is 391 g/mol. The van der Waals surface area contributed by atoms with E-state index in [0.29, 0.717) is 19.6 Å². The van der Waals surface area contributed by atoms with Crippen LogP contribution >= 0.6 is 0 Å². The highest BCUT2D eigenvalue weighted by molar-refractivity contribution is 6.35. The van der Waals surface area contributed by atoms with Crippen LogP contribution in [0, 0.1) is 0 Å². The minimum atomic E-state index is -0.796. The fourth-order valence-electron chi connectivity index (χ4n) is 3.07. The van der Waals surface area contributed by atoms with Gasteiger partial charge in [-0.2, -0.15) is 5.10 Å². The maximum absolute atomic E-state index is 12.0. The van der Waals surface area contributed by atoms with Gasteiger partial charge in [0, 0.05) is 18.7 Å². The Morgan fingerprint density at radius 1 is 1.00 bits per heavy atom. The zero-order chi connectivity index (χ0) is 20.6. The summed E-state index contributed by atoms with van der Waals surface area (Å²) in [4.78, 5) is 23.8. The van der Waals surface area contributed by atoms with Crippen LogP contribution in [0.5, 0.6) is 0 Å². The van der Waals surface area contributed by atoms with Crippen molar-refractivity contribution < 1.29 is 14.3 Å². The lowest BCUT2D eigenvalue weighted by molar-refractivity contribution is -0.139. The summed E-state index contributed by atoms with van der Waals surface area (Å²) in [6.07, 6.45) is 2.38. The molecule has 0 saturated heterocycles. The van der Waals surface area contributed by atoms with Crippen molar-refractivity contribution in [2.24, 2.45) is 5.10 Å². The molecule has 0 bridgehead atoms. The Kier molecular flexibility index (Phi) is 6.92. The van der Waals surface area contributed by atoms with Crippen LogP contribution in [0.25, 0.3) is 21.5 Å². The van der Waals surface area contributed by atoms with Gasteiger partial charge in [0.15, 0.2) is 0 Å². The van der Waals surface area contributed by atoms with Gasteiger partial charge in [-0.05, 0) is 47.9 Å². The summed E-state index contributed by atoms with van der Waals surface area (Å²) in [6.45, 7) is 4.80. The number of hydrogen-bond donors (Lipinski definition) is 2. The van der Waals surface area contributed by atoms with Gasteiger partial charge in [-0.3, -0.25) is 9.59 Å². The largest absolute Gasteiger partial charge is 0.379 e. The van der Waals surface area contributed by atoms with E-state index in [4.69, 9.17) is 4.74 Å². The van der Waals surface area contributed by atoms with Gasteiger partial charge < -0.3 is 10.1 Å². The van der Waals surface area contributed by atoms with E-state index in [-0.39, 0.29) is 6.10 Å². The molecule has 0 spiro atoms. The first-order valence-corrected chi connectivity index (χ1v) is 9.69. The molecule has 0 unspecified atom stereocenters. The Morgan fingerprint density at radius 3 is 2.24 bits per heavy atom. The van der Waals surface area contributed by atoms with Crippen molar-refractivity contribution >= 4 is 39.6 Å². The topological polar surface area (TPSA) is 79.8 Å². The summed E-state index contributed by atoms with van der Waals surface area (Å²) in [5.74, 6) is -1.51. The highest BCUT2D eigenvalue weighted by Gasteiger charge is 2.12. The first-order valence-electron chi connectivity index (χ1n) is 9.69. The molecule has 0 radical (unpaired) electrons. The molecule has 0 aliphatic carbocycles. The van der Waals surface area contributed by atoms with Crippen molar-refractivity contribution in [2.45, 2.75) is 26.4 Å². The van der Waals surface area contributed by atoms with Crippen LogP contribution in [0.3, 0.4) is 0 Å². The van der Waals surface area contributed by atoms with E-state index < -0.39 is 11.8 Å². The third-order valence-corrected chi connectivity index (χ3v) is 4.44. The maximum atomic E-state index is 12.0. The molecular formula is C23H25N3O3. The van der Waals surface area contributed by atoms with Gasteiger partial charge in [-0.25, -0.2) is 5.43 Å². The number of nitrogens with one attached hydrogen (secondary N) is 2. The van der Waals surface area contributed by atoms with Gasteiger partial charge >= 0.3 is 11.8 Å². The van der Waals surface area contributed by atoms with Crippen LogP contribution in [0.2, 0.25) is 0 Å². The van der Waals surface area contributed by atoms with Gasteiger partial charge in [0.05, 0.1) is 12.3 Å². The number of benzene rings is 3. The molecular weight excluding hydrogens is 366 g/mol. The van der Waals surface area contributed by atoms with Gasteiger partial charge in [0.2, 0.25) is 0 Å². The first kappa shape index (κ1) is 20.5. The number of hydrazone groups is 1. The van der Waals surface area contributed by atoms with Crippen LogP contribution < -0.4 is 10.7 Å². The molecule has 2 amide bonds. The number of amides is 2. The molecule has 0 atom stereocenters. The number of nitrogens with zero attached hydrogens (tertiary/aromatic N) is 1. The molecule has 2 N–H and O–H groups in total. The average Bonchev–Trinajstić information content (AvgIpc) is 2.72. The molecule has 3 aromatic carbocycles. The predicted octanol–water partition coefficient (Wildman–Crippen LogP) is 3.37. The second kappa shape index (κ2) is 9.80. The van der Waals surface area contributed by atoms with Crippen molar-refractivity contribution in [3.05, 3.63) is 60.2 Å². The number of carbonyl (C=O) groups is 2. The quantitative estimate of drug-likeness (QED) is 0.213. The number of fused-ring (bicyclic) bond motifs is 2. The third kappa shape index (κ3) is 5.39. The molecule has 0 aromatic heterocycles. The predicted molar refractivity (Wildman–Crippen MR) is 116 cm³/mol. The Labute approximate surface area is 169 Å². The summed E-state index contributed by atoms with van der Waals surface area (Å²) in [6, 6.07) is 18.1. The van der Waals surface area contributed by atoms with Gasteiger partial charge in [-0.1, -0.05) is 48.5 Å². The van der Waals surface area contributed by atoms with Crippen molar-refractivity contribution in [3.63, 3.8) is 0 Å². The van der Waals surface area contributed by atoms with Crippen molar-refractivity contribution in [2.75, 3.05) is 13.2 Å². The van der Waals surface area contributed by atoms with Gasteiger partial charge in [-0.15, -0.1) is 0 Å². The van der Waals surface area contributed by atoms with Gasteiger partial charge in [0.1, 0.15) is 0 Å². The van der Waals surface area contributed by atoms with E-state index in [1.54, 1.807) is 6.21 Å². The Hall–Kier alpha value is -3.25. The fraction of sp³-hybridized carbons (Fsp3) is 0.261. The maximum Gasteiger partial charge on any atom is 0.329 e. The Morgan fingerprint density at radius 2 is 1.62 bits per heavy atom. The third-order valence-electron chi connectivity index (χ3n) is 4.44. The summed E-state index contributed by atoms with van der Waals surface area (Å²) in [5.41, 5.74) is 3.20. The van der Waals surface area contributed by atoms with Crippen LogP contribution in [0.15, 0.2) is 59.7 Å². The highest BCUT2D eigenvalue weighted by atomic mass is 16.5. The summed E-state index contributed by atoms with van der Waals surface area (Å²) < 4.78 is 5.39. The lowest BCUT2D eigenvalue weighted by Crippen LogP contribution is -2.38. The molecule has 0 aliphatic rings. The zero-order valence-corrected chi connectivity index (χ0v) is 16.6. The van der Waals surface area contributed by atoms with Crippen LogP contribution in [-0.4, -0.2) is 37.3 Å². The van der Waals surface area contributed by atoms with Crippen LogP contribution in [-0.2, 0) is 14.3 Å². The van der Waals surface area contributed by atoms with Crippen LogP contribution in [0.1, 0.15) is 25.8 Å². The second-order valence-corrected chi connectivity index (χ2v) is 6.96. The van der Waals surface area contributed by atoms with E-state index in [1.165, 1.54) is 0 Å². The van der Waals surface area contributed by atoms with E-state index >= 15 is 0 Å². The SMILES string of the molecule is CC(C)OCCCNC(=O)C(=O)N/N=C\c1c2ccccc2cc2ccccc12. The highest BCUT2D eigenvalue weighted by Crippen LogP contribution is 2.27. The Balaban J connectivity index is 1.66. The van der Waals surface area contributed by atoms with Gasteiger partial charge in [0.25, 0.3) is 0 Å². The number of ether oxygens (including phenoxy) is 1. The lowest BCUT2D eigenvalue weighted by atomic mass is 9.97. The number of carbonyl (C=O) groups excluding carboxylic acids is 2. The summed E-state index contributed by atoms with van der Waals surface area (Å²) in [5, 5.41) is 10.8. The minimum Gasteiger partial charge on any atom is -0.379 e. The second-order valence-electron chi connectivity index (χ2n) is 6.96. The van der Waals surface area contributed by atoms with E-state index in [9.17, 15) is 9.59 Å². The molecule has 3 rings (SSSR count). The molecule has 0 fully saturated rings.